The second-order valence-electron chi connectivity index (χ2n) is 3.12. The van der Waals surface area contributed by atoms with Crippen molar-refractivity contribution in [2.75, 3.05) is 7.11 Å². The average molecular weight is 240 g/mol. The highest BCUT2D eigenvalue weighted by molar-refractivity contribution is 7.10. The lowest BCUT2D eigenvalue weighted by atomic mass is 10.4. The Balaban J connectivity index is 2.11. The largest absolute Gasteiger partial charge is 0.465 e. The Hall–Kier alpha value is -1.69. The van der Waals surface area contributed by atoms with Crippen LogP contribution >= 0.6 is 11.3 Å². The van der Waals surface area contributed by atoms with Gasteiger partial charge < -0.3 is 4.74 Å². The molecule has 2 heterocycles. The van der Waals surface area contributed by atoms with Crippen molar-refractivity contribution in [1.82, 2.24) is 9.78 Å². The molecular weight excluding hydrogens is 231 g/mol. The number of nitrogens with zero attached hydrogens (tertiary/aromatic N) is 2. The zero-order valence-electron chi connectivity index (χ0n) is 8.51. The van der Waals surface area contributed by atoms with E-state index in [2.05, 4.69) is 9.84 Å². The molecule has 0 saturated heterocycles. The van der Waals surface area contributed by atoms with E-state index in [0.29, 0.717) is 12.1 Å². The summed E-state index contributed by atoms with van der Waals surface area (Å²) < 4.78 is 18.9. The van der Waals surface area contributed by atoms with E-state index >= 15 is 0 Å². The van der Waals surface area contributed by atoms with Crippen molar-refractivity contribution >= 4 is 17.3 Å². The molecule has 0 atom stereocenters. The van der Waals surface area contributed by atoms with E-state index in [-0.39, 0.29) is 5.13 Å². The van der Waals surface area contributed by atoms with Crippen LogP contribution in [0, 0.1) is 5.13 Å². The summed E-state index contributed by atoms with van der Waals surface area (Å²) in [6, 6.07) is 3.10. The minimum atomic E-state index is -0.427. The second kappa shape index (κ2) is 4.44. The summed E-state index contributed by atoms with van der Waals surface area (Å²) in [5, 5.41) is 3.76. The van der Waals surface area contributed by atoms with Gasteiger partial charge >= 0.3 is 5.97 Å². The zero-order chi connectivity index (χ0) is 11.5. The average Bonchev–Trinajstić information content (AvgIpc) is 2.87. The lowest BCUT2D eigenvalue weighted by Crippen LogP contribution is -2.00. The Morgan fingerprint density at radius 3 is 3.06 bits per heavy atom. The van der Waals surface area contributed by atoms with Crippen molar-refractivity contribution in [1.29, 1.82) is 0 Å². The topological polar surface area (TPSA) is 44.1 Å². The highest BCUT2D eigenvalue weighted by Gasteiger charge is 2.08. The maximum absolute atomic E-state index is 12.7. The van der Waals surface area contributed by atoms with Gasteiger partial charge in [-0.3, -0.25) is 4.68 Å². The predicted molar refractivity (Wildman–Crippen MR) is 56.9 cm³/mol. The fraction of sp³-hybridized carbons (Fsp3) is 0.200. The van der Waals surface area contributed by atoms with E-state index < -0.39 is 5.97 Å². The van der Waals surface area contributed by atoms with Crippen LogP contribution in [0.3, 0.4) is 0 Å². The molecule has 0 N–H and O–H groups in total. The number of aromatic nitrogens is 2. The van der Waals surface area contributed by atoms with Gasteiger partial charge in [-0.1, -0.05) is 0 Å². The number of hydrogen-bond donors (Lipinski definition) is 0. The third-order valence-electron chi connectivity index (χ3n) is 2.00. The molecule has 16 heavy (non-hydrogen) atoms. The van der Waals surface area contributed by atoms with Crippen LogP contribution in [0.2, 0.25) is 0 Å². The molecule has 2 aromatic heterocycles. The fourth-order valence-electron chi connectivity index (χ4n) is 1.27. The van der Waals surface area contributed by atoms with Crippen molar-refractivity contribution in [3.05, 3.63) is 40.1 Å². The molecule has 0 unspecified atom stereocenters. The number of hydrogen-bond acceptors (Lipinski definition) is 4. The van der Waals surface area contributed by atoms with Crippen molar-refractivity contribution in [3.63, 3.8) is 0 Å². The van der Waals surface area contributed by atoms with Crippen LogP contribution < -0.4 is 0 Å². The summed E-state index contributed by atoms with van der Waals surface area (Å²) in [4.78, 5) is 12.0. The number of rotatable bonds is 3. The molecule has 0 radical (unpaired) electrons. The number of carbonyl (C=O) groups excluding carboxylic acids is 1. The van der Waals surface area contributed by atoms with Gasteiger partial charge in [-0.05, 0) is 12.1 Å². The minimum absolute atomic E-state index is 0.227. The molecule has 2 rings (SSSR count). The van der Waals surface area contributed by atoms with Gasteiger partial charge in [0, 0.05) is 11.1 Å². The molecule has 0 saturated carbocycles. The van der Waals surface area contributed by atoms with Gasteiger partial charge in [0.1, 0.15) is 0 Å². The summed E-state index contributed by atoms with van der Waals surface area (Å²) in [6.45, 7) is 0.450. The predicted octanol–water partition coefficient (Wildman–Crippen LogP) is 1.92. The summed E-state index contributed by atoms with van der Waals surface area (Å²) in [6.07, 6.45) is 3.00. The monoisotopic (exact) mass is 240 g/mol. The first-order chi connectivity index (χ1) is 7.69. The molecular formula is C10H9FN2O2S. The number of methoxy groups -OCH3 is 1. The number of carbonyl (C=O) groups is 1. The number of halogens is 1. The first kappa shape index (κ1) is 10.8. The number of esters is 1. The summed E-state index contributed by atoms with van der Waals surface area (Å²) in [5.41, 5.74) is 0.388. The third-order valence-corrected chi connectivity index (χ3v) is 2.86. The van der Waals surface area contributed by atoms with Gasteiger partial charge in [0.15, 0.2) is 5.13 Å². The third kappa shape index (κ3) is 2.27. The lowest BCUT2D eigenvalue weighted by molar-refractivity contribution is 0.0600. The Morgan fingerprint density at radius 1 is 1.62 bits per heavy atom. The normalized spacial score (nSPS) is 10.4. The van der Waals surface area contributed by atoms with E-state index in [9.17, 15) is 9.18 Å². The van der Waals surface area contributed by atoms with Crippen LogP contribution in [0.1, 0.15) is 15.2 Å². The standard InChI is InChI=1S/C10H9FN2O2S/c1-15-10(14)7-4-12-13(5-7)6-8-2-3-9(11)16-8/h2-5H,6H2,1H3. The quantitative estimate of drug-likeness (QED) is 0.770. The van der Waals surface area contributed by atoms with E-state index in [4.69, 9.17) is 0 Å². The van der Waals surface area contributed by atoms with Crippen LogP contribution in [-0.2, 0) is 11.3 Å². The molecule has 6 heteroatoms. The summed E-state index contributed by atoms with van der Waals surface area (Å²) in [7, 11) is 1.31. The lowest BCUT2D eigenvalue weighted by Gasteiger charge is -1.96. The fourth-order valence-corrected chi connectivity index (χ4v) is 1.99. The smallest absolute Gasteiger partial charge is 0.341 e. The zero-order valence-corrected chi connectivity index (χ0v) is 9.33. The highest BCUT2D eigenvalue weighted by atomic mass is 32.1. The van der Waals surface area contributed by atoms with Gasteiger partial charge in [0.05, 0.1) is 25.4 Å². The molecule has 0 aliphatic rings. The van der Waals surface area contributed by atoms with Crippen LogP contribution in [-0.4, -0.2) is 22.9 Å². The first-order valence-electron chi connectivity index (χ1n) is 4.54. The van der Waals surface area contributed by atoms with E-state index in [1.54, 1.807) is 16.9 Å². The van der Waals surface area contributed by atoms with Crippen LogP contribution in [0.5, 0.6) is 0 Å². The van der Waals surface area contributed by atoms with Crippen molar-refractivity contribution < 1.29 is 13.9 Å². The van der Waals surface area contributed by atoms with E-state index in [1.807, 2.05) is 0 Å². The van der Waals surface area contributed by atoms with Crippen molar-refractivity contribution in [2.45, 2.75) is 6.54 Å². The maximum Gasteiger partial charge on any atom is 0.341 e. The highest BCUT2D eigenvalue weighted by Crippen LogP contribution is 2.15. The molecule has 0 spiro atoms. The molecule has 0 fully saturated rings. The Morgan fingerprint density at radius 2 is 2.44 bits per heavy atom. The van der Waals surface area contributed by atoms with Gasteiger partial charge in [-0.15, -0.1) is 11.3 Å². The Kier molecular flexibility index (Phi) is 3.00. The van der Waals surface area contributed by atoms with E-state index in [0.717, 1.165) is 16.2 Å². The minimum Gasteiger partial charge on any atom is -0.465 e. The number of thiophene rings is 1. The van der Waals surface area contributed by atoms with Crippen molar-refractivity contribution in [3.8, 4) is 0 Å². The van der Waals surface area contributed by atoms with Crippen LogP contribution in [0.4, 0.5) is 4.39 Å². The summed E-state index contributed by atoms with van der Waals surface area (Å²) in [5.74, 6) is -0.427. The van der Waals surface area contributed by atoms with Gasteiger partial charge in [0.2, 0.25) is 0 Å². The Bertz CT molecular complexity index is 506. The molecule has 0 bridgehead atoms. The SMILES string of the molecule is COC(=O)c1cnn(Cc2ccc(F)s2)c1. The van der Waals surface area contributed by atoms with Crippen LogP contribution in [0.15, 0.2) is 24.5 Å². The van der Waals surface area contributed by atoms with E-state index in [1.165, 1.54) is 19.4 Å². The van der Waals surface area contributed by atoms with Gasteiger partial charge in [-0.25, -0.2) is 4.79 Å². The molecule has 0 aliphatic heterocycles. The molecule has 2 aromatic rings. The molecule has 4 nitrogen and oxygen atoms in total. The molecule has 0 aromatic carbocycles. The second-order valence-corrected chi connectivity index (χ2v) is 4.24. The molecule has 0 amide bonds. The van der Waals surface area contributed by atoms with Crippen molar-refractivity contribution in [2.24, 2.45) is 0 Å². The summed E-state index contributed by atoms with van der Waals surface area (Å²) >= 11 is 1.06. The molecule has 84 valence electrons. The van der Waals surface area contributed by atoms with Gasteiger partial charge in [-0.2, -0.15) is 9.49 Å². The van der Waals surface area contributed by atoms with Gasteiger partial charge in [0.25, 0.3) is 0 Å². The molecule has 0 aliphatic carbocycles. The van der Waals surface area contributed by atoms with Crippen LogP contribution in [0.25, 0.3) is 0 Å². The first-order valence-corrected chi connectivity index (χ1v) is 5.35. The number of ether oxygens (including phenoxy) is 1. The Labute approximate surface area is 95.3 Å². The maximum atomic E-state index is 12.7.